The van der Waals surface area contributed by atoms with Crippen LogP contribution >= 0.6 is 130 Å². The SMILES string of the molecule is Cl.ClP(Cl)(Cl)(Cl)Cl.Clc1ccccc1.NC(=O)CNC(=NCc1ccc(Cl)cc1)N1CC(c2ccccc2)C(c2ccc(Cl)cc2)=N1.NCC(N)=O.O=C(NCc1ccc(Cl)cc1)N1CC(c2ccccc2)C(c2ccc(Cl)cc2)=N1. The van der Waals surface area contributed by atoms with Crippen molar-refractivity contribution in [2.45, 2.75) is 24.9 Å². The number of carbonyl (C=O) groups is 3. The summed E-state index contributed by atoms with van der Waals surface area (Å²) < 4.78 is -3.69. The average Bonchev–Trinajstić information content (AvgIpc) is 4.23. The Labute approximate surface area is 525 Å². The monoisotopic (exact) mass is 1330 g/mol. The van der Waals surface area contributed by atoms with E-state index < -0.39 is 15.2 Å². The molecule has 428 valence electrons. The summed E-state index contributed by atoms with van der Waals surface area (Å²) in [6.45, 7) is 1.75. The van der Waals surface area contributed by atoms with Gasteiger partial charge in [0.1, 0.15) is 0 Å². The van der Waals surface area contributed by atoms with Crippen molar-refractivity contribution in [3.05, 3.63) is 247 Å². The van der Waals surface area contributed by atoms with E-state index in [2.05, 4.69) is 45.7 Å². The van der Waals surface area contributed by atoms with Gasteiger partial charge in [0.2, 0.25) is 17.8 Å². The Hall–Kier alpha value is -5.06. The van der Waals surface area contributed by atoms with E-state index in [9.17, 15) is 14.4 Å². The molecule has 0 bridgehead atoms. The van der Waals surface area contributed by atoms with E-state index in [0.29, 0.717) is 52.2 Å². The molecule has 0 aromatic heterocycles. The number of amides is 4. The quantitative estimate of drug-likeness (QED) is 0.0485. The molecule has 2 aliphatic rings. The van der Waals surface area contributed by atoms with Crippen molar-refractivity contribution in [1.82, 2.24) is 20.7 Å². The van der Waals surface area contributed by atoms with Crippen LogP contribution in [0.15, 0.2) is 203 Å². The first kappa shape index (κ1) is 68.4. The number of rotatable bonds is 11. The first-order chi connectivity index (χ1) is 38.0. The van der Waals surface area contributed by atoms with E-state index in [1.165, 1.54) is 5.01 Å². The molecule has 81 heavy (non-hydrogen) atoms. The molecule has 0 aliphatic carbocycles. The Balaban J connectivity index is 0.000000265. The van der Waals surface area contributed by atoms with Gasteiger partial charge in [-0.1, -0.05) is 185 Å². The summed E-state index contributed by atoms with van der Waals surface area (Å²) >= 11 is 54.5. The van der Waals surface area contributed by atoms with E-state index in [-0.39, 0.29) is 43.4 Å². The molecule has 2 aliphatic heterocycles. The second kappa shape index (κ2) is 33.9. The van der Waals surface area contributed by atoms with E-state index >= 15 is 0 Å². The van der Waals surface area contributed by atoms with Crippen LogP contribution in [0.1, 0.15) is 45.2 Å². The minimum Gasteiger partial charge on any atom is -0.369 e. The maximum absolute atomic E-state index is 12.8. The number of hydrogen-bond donors (Lipinski definition) is 5. The first-order valence-corrected chi connectivity index (χ1v) is 32.6. The summed E-state index contributed by atoms with van der Waals surface area (Å²) in [5.41, 5.74) is 22.5. The van der Waals surface area contributed by atoms with Crippen molar-refractivity contribution in [1.29, 1.82) is 0 Å². The van der Waals surface area contributed by atoms with Crippen LogP contribution in [0, 0.1) is 0 Å². The fourth-order valence-corrected chi connectivity index (χ4v) is 8.00. The van der Waals surface area contributed by atoms with E-state index in [4.69, 9.17) is 136 Å². The fraction of sp³-hybridized carbons (Fsp3) is 0.143. The van der Waals surface area contributed by atoms with Gasteiger partial charge in [-0.15, -0.1) is 12.4 Å². The molecule has 0 saturated heterocycles. The summed E-state index contributed by atoms with van der Waals surface area (Å²) in [5.74, 6) is -0.448. The van der Waals surface area contributed by atoms with Gasteiger partial charge in [-0.05, 0) is 94.0 Å². The molecule has 2 atom stereocenters. The third-order valence-corrected chi connectivity index (χ3v) is 12.3. The number of nitrogens with zero attached hydrogens (tertiary/aromatic N) is 5. The molecule has 4 amide bonds. The Kier molecular flexibility index (Phi) is 28.6. The van der Waals surface area contributed by atoms with Crippen molar-refractivity contribution >= 4 is 165 Å². The Morgan fingerprint density at radius 3 is 1.22 bits per heavy atom. The van der Waals surface area contributed by atoms with Crippen LogP contribution in [0.3, 0.4) is 0 Å². The number of hydrogen-bond acceptors (Lipinski definition) is 7. The second-order valence-corrected chi connectivity index (χ2v) is 35.8. The topological polar surface area (TPSA) is 197 Å². The van der Waals surface area contributed by atoms with E-state index in [1.807, 2.05) is 152 Å². The number of halogens is 11. The van der Waals surface area contributed by atoms with Crippen LogP contribution in [0.5, 0.6) is 0 Å². The van der Waals surface area contributed by atoms with Gasteiger partial charge in [-0.25, -0.2) is 19.8 Å². The molecule has 13 nitrogen and oxygen atoms in total. The predicted octanol–water partition coefficient (Wildman–Crippen LogP) is 15.6. The minimum atomic E-state index is -3.69. The predicted molar refractivity (Wildman–Crippen MR) is 344 cm³/mol. The summed E-state index contributed by atoms with van der Waals surface area (Å²) in [4.78, 5) is 38.4. The third-order valence-electron chi connectivity index (χ3n) is 11.0. The van der Waals surface area contributed by atoms with Gasteiger partial charge in [-0.2, -0.15) is 10.2 Å². The van der Waals surface area contributed by atoms with Crippen molar-refractivity contribution in [3.63, 3.8) is 0 Å². The smallest absolute Gasteiger partial charge is 0.338 e. The van der Waals surface area contributed by atoms with Crippen molar-refractivity contribution in [3.8, 4) is 0 Å². The van der Waals surface area contributed by atoms with Gasteiger partial charge in [0, 0.05) is 43.5 Å². The summed E-state index contributed by atoms with van der Waals surface area (Å²) in [5, 5.41) is 22.3. The van der Waals surface area contributed by atoms with Gasteiger partial charge in [0.05, 0.1) is 44.1 Å². The maximum atomic E-state index is 12.8. The number of nitrogens with two attached hydrogens (primary N) is 3. The zero-order valence-corrected chi connectivity index (χ0v) is 51.9. The third kappa shape index (κ3) is 26.0. The number of benzene rings is 7. The number of primary amides is 2. The summed E-state index contributed by atoms with van der Waals surface area (Å²) in [6.07, 6.45) is 0. The van der Waals surface area contributed by atoms with Crippen LogP contribution in [-0.2, 0) is 22.7 Å². The Morgan fingerprint density at radius 2 is 0.852 bits per heavy atom. The number of hydrazone groups is 2. The normalized spacial score (nSPS) is 14.8. The van der Waals surface area contributed by atoms with Gasteiger partial charge in [0.25, 0.3) is 0 Å². The van der Waals surface area contributed by atoms with Crippen molar-refractivity contribution < 1.29 is 14.4 Å². The summed E-state index contributed by atoms with van der Waals surface area (Å²) in [7, 11) is 0. The second-order valence-electron chi connectivity index (χ2n) is 17.1. The van der Waals surface area contributed by atoms with E-state index in [0.717, 1.165) is 49.8 Å². The molecule has 0 radical (unpaired) electrons. The zero-order chi connectivity index (χ0) is 58.3. The molecular formula is C56H54Cl11N10O3P. The standard InChI is InChI=1S/C25H23Cl2N5O.C23H19Cl2N3O.C6H5Cl.C2H6N2O.Cl5P.ClH/c26-20-10-6-17(7-11-20)14-29-25(30-15-23(28)33)32-16-22(18-4-2-1-3-5-18)24(31-32)19-8-12-21(27)13-9-19;24-19-10-6-16(7-11-19)14-26-23(29)28-15-21(17-4-2-1-3-5-17)22(27-28)18-8-12-20(25)13-9-18;7-6-4-2-1-3-5-6;3-1-2(4)5;1-6(2,3,4)5;/h1-13,22H,14-16H2,(H2,28,33)(H,29,30);1-13,21H,14-15H2,(H,26,29);1-5H;1,3H2,(H2,4,5);;1H. The van der Waals surface area contributed by atoms with Crippen LogP contribution in [0.2, 0.25) is 25.1 Å². The molecule has 7 aromatic rings. The molecule has 0 spiro atoms. The van der Waals surface area contributed by atoms with Gasteiger partial charge < -0.3 is 27.8 Å². The van der Waals surface area contributed by atoms with Gasteiger partial charge in [0.15, 0.2) is 0 Å². The zero-order valence-electron chi connectivity index (χ0n) is 42.6. The van der Waals surface area contributed by atoms with Crippen molar-refractivity contribution in [2.24, 2.45) is 32.4 Å². The molecule has 2 heterocycles. The molecule has 0 fully saturated rings. The molecule has 2 unspecified atom stereocenters. The van der Waals surface area contributed by atoms with Crippen LogP contribution in [0.4, 0.5) is 4.79 Å². The maximum Gasteiger partial charge on any atom is 0.338 e. The first-order valence-electron chi connectivity index (χ1n) is 24.0. The molecule has 7 aromatic carbocycles. The Bertz CT molecular complexity index is 3170. The number of guanidine groups is 1. The van der Waals surface area contributed by atoms with Gasteiger partial charge in [-0.3, -0.25) is 9.59 Å². The summed E-state index contributed by atoms with van der Waals surface area (Å²) in [6, 6.07) is 59.5. The van der Waals surface area contributed by atoms with Gasteiger partial charge >= 0.3 is 65.6 Å². The largest absolute Gasteiger partial charge is 0.369 e. The number of carbonyl (C=O) groups excluding carboxylic acids is 3. The molecular weight excluding hydrogens is 1280 g/mol. The fourth-order valence-electron chi connectivity index (χ4n) is 7.36. The molecule has 0 saturated carbocycles. The van der Waals surface area contributed by atoms with E-state index in [1.54, 1.807) is 17.1 Å². The molecule has 25 heteroatoms. The Morgan fingerprint density at radius 1 is 0.506 bits per heavy atom. The van der Waals surface area contributed by atoms with Crippen LogP contribution in [-0.4, -0.2) is 71.4 Å². The molecule has 9 rings (SSSR count). The van der Waals surface area contributed by atoms with Crippen LogP contribution in [0.25, 0.3) is 0 Å². The van der Waals surface area contributed by atoms with Crippen LogP contribution < -0.4 is 27.8 Å². The number of nitrogens with one attached hydrogen (secondary N) is 2. The number of urea groups is 1. The minimum absolute atomic E-state index is 0. The number of aliphatic imine (C=N–C) groups is 1. The molecule has 8 N–H and O–H groups in total. The van der Waals surface area contributed by atoms with Crippen molar-refractivity contribution in [2.75, 3.05) is 26.2 Å². The average molecular weight is 1340 g/mol.